The lowest BCUT2D eigenvalue weighted by molar-refractivity contribution is -0.275. The van der Waals surface area contributed by atoms with Crippen molar-refractivity contribution in [3.05, 3.63) is 172 Å². The molecule has 1 N–H and O–H groups in total. The van der Waals surface area contributed by atoms with Crippen LogP contribution in [0.4, 0.5) is 0 Å². The minimum absolute atomic E-state index is 0.0167. The first kappa shape index (κ1) is 43.6. The summed E-state index contributed by atoms with van der Waals surface area (Å²) in [6.45, 7) is 1.70. The Bertz CT molecular complexity index is 2540. The van der Waals surface area contributed by atoms with Crippen LogP contribution in [0.2, 0.25) is 0 Å². The Balaban J connectivity index is 1.28. The van der Waals surface area contributed by atoms with Crippen LogP contribution in [0.15, 0.2) is 149 Å². The normalized spacial score (nSPS) is 18.1. The van der Waals surface area contributed by atoms with Crippen molar-refractivity contribution in [1.82, 2.24) is 0 Å². The summed E-state index contributed by atoms with van der Waals surface area (Å²) >= 11 is 0. The lowest BCUT2D eigenvalue weighted by Gasteiger charge is -2.44. The average Bonchev–Trinajstić information content (AvgIpc) is 3.31. The van der Waals surface area contributed by atoms with Gasteiger partial charge in [0.25, 0.3) is 0 Å². The van der Waals surface area contributed by atoms with Crippen molar-refractivity contribution < 1.29 is 61.9 Å². The maximum absolute atomic E-state index is 13.9. The number of fused-ring (bicyclic) bond motifs is 1. The second-order valence-electron chi connectivity index (χ2n) is 14.5. The SMILES string of the molecule is CCCCCCOc1c(O)c2ccc(O[C@@H]3O[C@H](COC(=O)c4ccccc4)[C@@H](OC(=O)c4ccccc4)[C@H](OC(=O)c4ccccc4)[C@H]3OC(=O)c3ccccc3)cc2oc1=O. The van der Waals surface area contributed by atoms with Crippen LogP contribution >= 0.6 is 0 Å². The third kappa shape index (κ3) is 10.9. The van der Waals surface area contributed by atoms with Crippen LogP contribution in [0, 0.1) is 0 Å². The summed E-state index contributed by atoms with van der Waals surface area (Å²) in [4.78, 5) is 68.0. The molecule has 2 heterocycles. The van der Waals surface area contributed by atoms with Crippen LogP contribution in [-0.2, 0) is 23.7 Å². The number of rotatable bonds is 17. The molecule has 0 unspecified atom stereocenters. The van der Waals surface area contributed by atoms with Gasteiger partial charge in [-0.2, -0.15) is 0 Å². The van der Waals surface area contributed by atoms with Gasteiger partial charge in [0, 0.05) is 6.07 Å². The van der Waals surface area contributed by atoms with Crippen LogP contribution in [0.1, 0.15) is 74.0 Å². The number of unbranched alkanes of at least 4 members (excludes halogenated alkanes) is 3. The van der Waals surface area contributed by atoms with Crippen molar-refractivity contribution in [3.63, 3.8) is 0 Å². The van der Waals surface area contributed by atoms with Crippen molar-refractivity contribution in [2.24, 2.45) is 0 Å². The van der Waals surface area contributed by atoms with Gasteiger partial charge in [-0.05, 0) is 67.1 Å². The summed E-state index contributed by atoms with van der Waals surface area (Å²) in [7, 11) is 0. The standard InChI is InChI=1S/C49H44O14/c1-2-3-4-17-28-56-41-39(50)36-27-26-35(29-37(36)59-48(41)55)58-49-43(63-47(54)34-24-15-8-16-25-34)42(62-46(53)33-22-13-7-14-23-33)40(61-45(52)32-20-11-6-12-21-32)38(60-49)30-57-44(51)31-18-9-5-10-19-31/h5-16,18-27,29,38,40,42-43,49-50H,2-4,17,28,30H2,1H3/t38-,40-,42+,43-,49-/m1/s1. The molecule has 63 heavy (non-hydrogen) atoms. The predicted molar refractivity (Wildman–Crippen MR) is 227 cm³/mol. The van der Waals surface area contributed by atoms with Crippen molar-refractivity contribution in [2.75, 3.05) is 13.2 Å². The summed E-state index contributed by atoms with van der Waals surface area (Å²) in [5.74, 6) is -4.13. The van der Waals surface area contributed by atoms with E-state index in [9.17, 15) is 29.1 Å². The number of ether oxygens (including phenoxy) is 7. The van der Waals surface area contributed by atoms with Gasteiger partial charge in [0.2, 0.25) is 18.1 Å². The summed E-state index contributed by atoms with van der Waals surface area (Å²) in [5, 5.41) is 11.2. The first-order chi connectivity index (χ1) is 30.7. The average molecular weight is 857 g/mol. The van der Waals surface area contributed by atoms with Gasteiger partial charge in [0.1, 0.15) is 24.0 Å². The van der Waals surface area contributed by atoms with Gasteiger partial charge in [0.15, 0.2) is 18.0 Å². The smallest absolute Gasteiger partial charge is 0.383 e. The van der Waals surface area contributed by atoms with Gasteiger partial charge in [-0.1, -0.05) is 99.0 Å². The number of benzene rings is 5. The molecule has 1 aromatic heterocycles. The fraction of sp³-hybridized carbons (Fsp3) is 0.245. The molecular weight excluding hydrogens is 813 g/mol. The van der Waals surface area contributed by atoms with Gasteiger partial charge in [-0.25, -0.2) is 24.0 Å². The van der Waals surface area contributed by atoms with Crippen molar-refractivity contribution in [1.29, 1.82) is 0 Å². The van der Waals surface area contributed by atoms with E-state index in [1.807, 2.05) is 0 Å². The molecule has 324 valence electrons. The zero-order valence-corrected chi connectivity index (χ0v) is 34.2. The van der Waals surface area contributed by atoms with Crippen molar-refractivity contribution in [2.45, 2.75) is 63.3 Å². The Morgan fingerprint density at radius 1 is 0.603 bits per heavy atom. The van der Waals surface area contributed by atoms with E-state index < -0.39 is 72.6 Å². The van der Waals surface area contributed by atoms with E-state index in [-0.39, 0.29) is 51.3 Å². The summed E-state index contributed by atoms with van der Waals surface area (Å²) in [6.07, 6.45) is -4.46. The molecule has 14 heteroatoms. The van der Waals surface area contributed by atoms with Crippen LogP contribution in [0.5, 0.6) is 17.2 Å². The number of aromatic hydroxyl groups is 1. The molecule has 14 nitrogen and oxygen atoms in total. The summed E-state index contributed by atoms with van der Waals surface area (Å²) < 4.78 is 47.9. The second kappa shape index (κ2) is 20.9. The molecule has 0 amide bonds. The van der Waals surface area contributed by atoms with E-state index in [0.29, 0.717) is 6.42 Å². The number of hydrogen-bond donors (Lipinski definition) is 1. The molecule has 5 aromatic carbocycles. The molecule has 1 saturated heterocycles. The van der Waals surface area contributed by atoms with Gasteiger partial charge < -0.3 is 42.7 Å². The third-order valence-corrected chi connectivity index (χ3v) is 10.0. The monoisotopic (exact) mass is 856 g/mol. The molecule has 1 aliphatic heterocycles. The lowest BCUT2D eigenvalue weighted by atomic mass is 9.97. The molecule has 0 aliphatic carbocycles. The van der Waals surface area contributed by atoms with Crippen LogP contribution in [0.25, 0.3) is 11.0 Å². The van der Waals surface area contributed by atoms with Crippen LogP contribution in [-0.4, -0.2) is 72.9 Å². The minimum atomic E-state index is -1.68. The first-order valence-corrected chi connectivity index (χ1v) is 20.4. The van der Waals surface area contributed by atoms with Crippen LogP contribution < -0.4 is 15.1 Å². The van der Waals surface area contributed by atoms with E-state index in [0.717, 1.165) is 19.3 Å². The highest BCUT2D eigenvalue weighted by Crippen LogP contribution is 2.36. The Kier molecular flexibility index (Phi) is 14.5. The highest BCUT2D eigenvalue weighted by molar-refractivity contribution is 5.92. The molecule has 6 aromatic rings. The number of carbonyl (C=O) groups excluding carboxylic acids is 4. The predicted octanol–water partition coefficient (Wildman–Crippen LogP) is 8.10. The van der Waals surface area contributed by atoms with E-state index >= 15 is 0 Å². The fourth-order valence-corrected chi connectivity index (χ4v) is 6.81. The zero-order chi connectivity index (χ0) is 44.1. The number of hydrogen-bond acceptors (Lipinski definition) is 14. The van der Waals surface area contributed by atoms with Crippen molar-refractivity contribution in [3.8, 4) is 17.2 Å². The topological polar surface area (TPSA) is 183 Å². The van der Waals surface area contributed by atoms with E-state index in [4.69, 9.17) is 37.6 Å². The Hall–Kier alpha value is -7.45. The molecule has 1 fully saturated rings. The summed E-state index contributed by atoms with van der Waals surface area (Å²) in [5.41, 5.74) is -0.431. The van der Waals surface area contributed by atoms with E-state index in [1.54, 1.807) is 84.9 Å². The maximum atomic E-state index is 13.9. The van der Waals surface area contributed by atoms with Crippen LogP contribution in [0.3, 0.4) is 0 Å². The molecule has 1 aliphatic rings. The number of carbonyl (C=O) groups is 4. The van der Waals surface area contributed by atoms with Crippen molar-refractivity contribution >= 4 is 34.8 Å². The molecule has 5 atom stereocenters. The lowest BCUT2D eigenvalue weighted by Crippen LogP contribution is -2.63. The third-order valence-electron chi connectivity index (χ3n) is 10.0. The molecule has 0 radical (unpaired) electrons. The number of esters is 4. The second-order valence-corrected chi connectivity index (χ2v) is 14.5. The van der Waals surface area contributed by atoms with E-state index in [2.05, 4.69) is 6.92 Å². The molecule has 0 spiro atoms. The molecule has 0 saturated carbocycles. The van der Waals surface area contributed by atoms with Gasteiger partial charge in [-0.15, -0.1) is 0 Å². The first-order valence-electron chi connectivity index (χ1n) is 20.4. The Morgan fingerprint density at radius 2 is 1.11 bits per heavy atom. The molecule has 0 bridgehead atoms. The zero-order valence-electron chi connectivity index (χ0n) is 34.2. The maximum Gasteiger partial charge on any atom is 0.383 e. The quantitative estimate of drug-likeness (QED) is 0.0402. The fourth-order valence-electron chi connectivity index (χ4n) is 6.81. The van der Waals surface area contributed by atoms with E-state index in [1.165, 1.54) is 54.6 Å². The highest BCUT2D eigenvalue weighted by Gasteiger charge is 2.54. The largest absolute Gasteiger partial charge is 0.504 e. The Morgan fingerprint density at radius 3 is 1.65 bits per heavy atom. The highest BCUT2D eigenvalue weighted by atomic mass is 16.7. The van der Waals surface area contributed by atoms with Gasteiger partial charge in [-0.3, -0.25) is 0 Å². The van der Waals surface area contributed by atoms with Gasteiger partial charge in [0.05, 0.1) is 34.2 Å². The molecular formula is C49H44O14. The summed E-state index contributed by atoms with van der Waals surface area (Å²) in [6, 6.07) is 36.2. The van der Waals surface area contributed by atoms with Gasteiger partial charge >= 0.3 is 29.5 Å². The Labute approximate surface area is 361 Å². The minimum Gasteiger partial charge on any atom is -0.504 e. The molecule has 7 rings (SSSR count).